The van der Waals surface area contributed by atoms with Crippen molar-refractivity contribution in [3.63, 3.8) is 0 Å². The van der Waals surface area contributed by atoms with E-state index in [2.05, 4.69) is 51.8 Å². The molecule has 0 aromatic heterocycles. The summed E-state index contributed by atoms with van der Waals surface area (Å²) in [6.07, 6.45) is 0.641. The predicted molar refractivity (Wildman–Crippen MR) is 77.7 cm³/mol. The Morgan fingerprint density at radius 2 is 1.67 bits per heavy atom. The minimum absolute atomic E-state index is 0.401. The lowest BCUT2D eigenvalue weighted by Crippen LogP contribution is -2.36. The standard InChI is InChI=1S/C16H27NO/c1-6-14-7-9-15(10-8-14)16(18)11-17(5)13(4)12(2)3/h7-10,12-13,16,18H,6,11H2,1-5H3. The van der Waals surface area contributed by atoms with Gasteiger partial charge in [0, 0.05) is 12.6 Å². The van der Waals surface area contributed by atoms with Gasteiger partial charge in [-0.25, -0.2) is 0 Å². The molecule has 2 atom stereocenters. The maximum Gasteiger partial charge on any atom is 0.0916 e. The summed E-state index contributed by atoms with van der Waals surface area (Å²) in [6.45, 7) is 9.46. The van der Waals surface area contributed by atoms with E-state index in [0.29, 0.717) is 18.5 Å². The summed E-state index contributed by atoms with van der Waals surface area (Å²) in [5.41, 5.74) is 2.32. The molecule has 0 heterocycles. The average Bonchev–Trinajstić information content (AvgIpc) is 2.37. The molecule has 2 unspecified atom stereocenters. The first-order chi connectivity index (χ1) is 8.45. The number of aryl methyl sites for hydroxylation is 1. The van der Waals surface area contributed by atoms with Gasteiger partial charge in [0.2, 0.25) is 0 Å². The Morgan fingerprint density at radius 3 is 2.11 bits per heavy atom. The maximum absolute atomic E-state index is 10.2. The van der Waals surface area contributed by atoms with E-state index < -0.39 is 6.10 Å². The molecule has 0 aliphatic heterocycles. The summed E-state index contributed by atoms with van der Waals surface area (Å²) in [5, 5.41) is 10.2. The maximum atomic E-state index is 10.2. The van der Waals surface area contributed by atoms with Gasteiger partial charge in [-0.1, -0.05) is 45.0 Å². The molecule has 18 heavy (non-hydrogen) atoms. The number of aliphatic hydroxyl groups is 1. The molecule has 0 amide bonds. The fraction of sp³-hybridized carbons (Fsp3) is 0.625. The van der Waals surface area contributed by atoms with Crippen LogP contribution in [0, 0.1) is 5.92 Å². The Morgan fingerprint density at radius 1 is 1.11 bits per heavy atom. The van der Waals surface area contributed by atoms with Crippen molar-refractivity contribution in [3.8, 4) is 0 Å². The molecule has 0 saturated carbocycles. The van der Waals surface area contributed by atoms with Gasteiger partial charge in [0.05, 0.1) is 6.10 Å². The minimum Gasteiger partial charge on any atom is -0.387 e. The number of benzene rings is 1. The molecule has 1 aromatic carbocycles. The average molecular weight is 249 g/mol. The summed E-state index contributed by atoms with van der Waals surface area (Å²) in [6, 6.07) is 8.76. The Hall–Kier alpha value is -0.860. The number of hydrogen-bond donors (Lipinski definition) is 1. The highest BCUT2D eigenvalue weighted by atomic mass is 16.3. The van der Waals surface area contributed by atoms with Gasteiger partial charge in [-0.15, -0.1) is 0 Å². The second kappa shape index (κ2) is 6.91. The van der Waals surface area contributed by atoms with Crippen molar-refractivity contribution in [2.24, 2.45) is 5.92 Å². The summed E-state index contributed by atoms with van der Waals surface area (Å²) >= 11 is 0. The fourth-order valence-corrected chi connectivity index (χ4v) is 2.03. The van der Waals surface area contributed by atoms with Gasteiger partial charge < -0.3 is 10.0 Å². The minimum atomic E-state index is -0.401. The number of likely N-dealkylation sites (N-methyl/N-ethyl adjacent to an activating group) is 1. The molecule has 0 bridgehead atoms. The lowest BCUT2D eigenvalue weighted by atomic mass is 10.0. The summed E-state index contributed by atoms with van der Waals surface area (Å²) < 4.78 is 0. The molecule has 0 saturated heterocycles. The van der Waals surface area contributed by atoms with Crippen molar-refractivity contribution < 1.29 is 5.11 Å². The molecular formula is C16H27NO. The molecule has 1 aromatic rings. The van der Waals surface area contributed by atoms with Gasteiger partial charge in [0.15, 0.2) is 0 Å². The normalized spacial score (nSPS) is 15.1. The monoisotopic (exact) mass is 249 g/mol. The van der Waals surface area contributed by atoms with Crippen LogP contribution >= 0.6 is 0 Å². The molecule has 2 heteroatoms. The zero-order valence-corrected chi connectivity index (χ0v) is 12.4. The molecule has 1 rings (SSSR count). The van der Waals surface area contributed by atoms with Gasteiger partial charge >= 0.3 is 0 Å². The quantitative estimate of drug-likeness (QED) is 0.836. The van der Waals surface area contributed by atoms with Crippen LogP contribution in [0.25, 0.3) is 0 Å². The largest absolute Gasteiger partial charge is 0.387 e. The van der Waals surface area contributed by atoms with Gasteiger partial charge in [-0.2, -0.15) is 0 Å². The van der Waals surface area contributed by atoms with E-state index in [1.54, 1.807) is 0 Å². The topological polar surface area (TPSA) is 23.5 Å². The van der Waals surface area contributed by atoms with Crippen LogP contribution in [-0.4, -0.2) is 29.6 Å². The second-order valence-electron chi connectivity index (χ2n) is 5.54. The van der Waals surface area contributed by atoms with Crippen LogP contribution < -0.4 is 0 Å². The Balaban J connectivity index is 2.61. The first kappa shape index (κ1) is 15.2. The molecular weight excluding hydrogens is 222 g/mol. The van der Waals surface area contributed by atoms with Crippen LogP contribution in [0.4, 0.5) is 0 Å². The van der Waals surface area contributed by atoms with E-state index in [-0.39, 0.29) is 0 Å². The molecule has 0 fully saturated rings. The molecule has 0 aliphatic carbocycles. The number of nitrogens with zero attached hydrogens (tertiary/aromatic N) is 1. The van der Waals surface area contributed by atoms with E-state index in [0.717, 1.165) is 12.0 Å². The highest BCUT2D eigenvalue weighted by molar-refractivity contribution is 5.24. The molecule has 2 nitrogen and oxygen atoms in total. The van der Waals surface area contributed by atoms with Gasteiger partial charge in [0.25, 0.3) is 0 Å². The Labute approximate surface area is 112 Å². The summed E-state index contributed by atoms with van der Waals surface area (Å²) in [4.78, 5) is 2.23. The highest BCUT2D eigenvalue weighted by Crippen LogP contribution is 2.17. The van der Waals surface area contributed by atoms with Crippen molar-refractivity contribution in [2.75, 3.05) is 13.6 Å². The molecule has 0 spiro atoms. The van der Waals surface area contributed by atoms with Gasteiger partial charge in [0.1, 0.15) is 0 Å². The number of hydrogen-bond acceptors (Lipinski definition) is 2. The van der Waals surface area contributed by atoms with Gasteiger partial charge in [-0.3, -0.25) is 0 Å². The van der Waals surface area contributed by atoms with Crippen molar-refractivity contribution in [1.82, 2.24) is 4.90 Å². The van der Waals surface area contributed by atoms with Crippen LogP contribution in [0.3, 0.4) is 0 Å². The first-order valence-corrected chi connectivity index (χ1v) is 6.92. The summed E-state index contributed by atoms with van der Waals surface area (Å²) in [7, 11) is 2.08. The van der Waals surface area contributed by atoms with E-state index >= 15 is 0 Å². The highest BCUT2D eigenvalue weighted by Gasteiger charge is 2.17. The van der Waals surface area contributed by atoms with Crippen LogP contribution in [-0.2, 0) is 6.42 Å². The Kier molecular flexibility index (Phi) is 5.83. The lowest BCUT2D eigenvalue weighted by Gasteiger charge is -2.29. The predicted octanol–water partition coefficient (Wildman–Crippen LogP) is 3.26. The third-order valence-corrected chi connectivity index (χ3v) is 3.89. The zero-order chi connectivity index (χ0) is 13.7. The van der Waals surface area contributed by atoms with Crippen molar-refractivity contribution in [2.45, 2.75) is 46.3 Å². The molecule has 102 valence electrons. The second-order valence-corrected chi connectivity index (χ2v) is 5.54. The Bertz CT molecular complexity index is 345. The zero-order valence-electron chi connectivity index (χ0n) is 12.4. The SMILES string of the molecule is CCc1ccc(C(O)CN(C)C(C)C(C)C)cc1. The number of aliphatic hydroxyl groups excluding tert-OH is 1. The lowest BCUT2D eigenvalue weighted by molar-refractivity contribution is 0.0955. The summed E-state index contributed by atoms with van der Waals surface area (Å²) in [5.74, 6) is 0.602. The van der Waals surface area contributed by atoms with Crippen LogP contribution in [0.15, 0.2) is 24.3 Å². The van der Waals surface area contributed by atoms with Crippen molar-refractivity contribution in [3.05, 3.63) is 35.4 Å². The number of rotatable bonds is 6. The molecule has 1 N–H and O–H groups in total. The first-order valence-electron chi connectivity index (χ1n) is 6.92. The third-order valence-electron chi connectivity index (χ3n) is 3.89. The van der Waals surface area contributed by atoms with Crippen LogP contribution in [0.1, 0.15) is 44.9 Å². The van der Waals surface area contributed by atoms with E-state index in [9.17, 15) is 5.11 Å². The van der Waals surface area contributed by atoms with Crippen molar-refractivity contribution >= 4 is 0 Å². The van der Waals surface area contributed by atoms with Crippen LogP contribution in [0.5, 0.6) is 0 Å². The third kappa shape index (κ3) is 4.11. The molecule has 0 radical (unpaired) electrons. The fourth-order valence-electron chi connectivity index (χ4n) is 2.03. The van der Waals surface area contributed by atoms with Crippen molar-refractivity contribution in [1.29, 1.82) is 0 Å². The molecule has 0 aliphatic rings. The smallest absolute Gasteiger partial charge is 0.0916 e. The van der Waals surface area contributed by atoms with E-state index in [1.807, 2.05) is 12.1 Å². The van der Waals surface area contributed by atoms with E-state index in [4.69, 9.17) is 0 Å². The van der Waals surface area contributed by atoms with Gasteiger partial charge in [-0.05, 0) is 37.4 Å². The van der Waals surface area contributed by atoms with E-state index in [1.165, 1.54) is 5.56 Å². The van der Waals surface area contributed by atoms with Crippen LogP contribution in [0.2, 0.25) is 0 Å².